The number of aliphatic hydroxyl groups is 2. The molecule has 5 N–H and O–H groups in total. The summed E-state index contributed by atoms with van der Waals surface area (Å²) in [6, 6.07) is 4.62. The van der Waals surface area contributed by atoms with E-state index < -0.39 is 23.9 Å². The Morgan fingerprint density at radius 2 is 2.00 bits per heavy atom. The molecular weight excluding hydrogens is 236 g/mol. The SMILES string of the molecule is NCCC(O)C(O)c1cccc2c1NC(=O)C2=O. The van der Waals surface area contributed by atoms with E-state index >= 15 is 0 Å². The van der Waals surface area contributed by atoms with Crippen LogP contribution < -0.4 is 11.1 Å². The molecule has 0 bridgehead atoms. The lowest BCUT2D eigenvalue weighted by atomic mass is 9.98. The van der Waals surface area contributed by atoms with Gasteiger partial charge in [-0.3, -0.25) is 9.59 Å². The van der Waals surface area contributed by atoms with E-state index in [0.717, 1.165) is 0 Å². The number of ketones is 1. The Hall–Kier alpha value is -1.76. The van der Waals surface area contributed by atoms with Crippen LogP contribution in [0, 0.1) is 0 Å². The molecule has 1 amide bonds. The fraction of sp³-hybridized carbons (Fsp3) is 0.333. The van der Waals surface area contributed by atoms with E-state index in [9.17, 15) is 19.8 Å². The zero-order chi connectivity index (χ0) is 13.3. The standard InChI is InChI=1S/C12H14N2O4/c13-5-4-8(15)10(16)6-2-1-3-7-9(6)14-12(18)11(7)17/h1-3,8,10,15-16H,4-5,13H2,(H,14,17,18). The molecule has 6 heteroatoms. The maximum absolute atomic E-state index is 11.5. The number of amides is 1. The van der Waals surface area contributed by atoms with Gasteiger partial charge in [-0.1, -0.05) is 12.1 Å². The zero-order valence-electron chi connectivity index (χ0n) is 9.59. The number of benzene rings is 1. The number of hydrogen-bond acceptors (Lipinski definition) is 5. The van der Waals surface area contributed by atoms with Gasteiger partial charge in [0.1, 0.15) is 6.10 Å². The average molecular weight is 250 g/mol. The second kappa shape index (κ2) is 4.85. The normalized spacial score (nSPS) is 17.3. The number of carbonyl (C=O) groups is 2. The van der Waals surface area contributed by atoms with Gasteiger partial charge in [-0.15, -0.1) is 0 Å². The molecular formula is C12H14N2O4. The molecule has 2 unspecified atom stereocenters. The predicted molar refractivity (Wildman–Crippen MR) is 64.0 cm³/mol. The second-order valence-electron chi connectivity index (χ2n) is 4.14. The van der Waals surface area contributed by atoms with Gasteiger partial charge in [-0.25, -0.2) is 0 Å². The van der Waals surface area contributed by atoms with Crippen LogP contribution in [0.15, 0.2) is 18.2 Å². The first kappa shape index (κ1) is 12.7. The number of nitrogens with one attached hydrogen (secondary N) is 1. The van der Waals surface area contributed by atoms with E-state index in [1.165, 1.54) is 6.07 Å². The Bertz CT molecular complexity index is 501. The van der Waals surface area contributed by atoms with Crippen LogP contribution in [0.2, 0.25) is 0 Å². The molecule has 1 aliphatic rings. The van der Waals surface area contributed by atoms with Crippen molar-refractivity contribution in [2.24, 2.45) is 5.73 Å². The lowest BCUT2D eigenvalue weighted by molar-refractivity contribution is -0.112. The summed E-state index contributed by atoms with van der Waals surface area (Å²) < 4.78 is 0. The third kappa shape index (κ3) is 2.01. The van der Waals surface area contributed by atoms with Crippen molar-refractivity contribution >= 4 is 17.4 Å². The highest BCUT2D eigenvalue weighted by Crippen LogP contribution is 2.33. The third-order valence-corrected chi connectivity index (χ3v) is 2.93. The van der Waals surface area contributed by atoms with Crippen LogP contribution in [0.1, 0.15) is 28.4 Å². The van der Waals surface area contributed by atoms with Gasteiger partial charge in [-0.2, -0.15) is 0 Å². The minimum atomic E-state index is -1.19. The second-order valence-corrected chi connectivity index (χ2v) is 4.14. The van der Waals surface area contributed by atoms with Crippen molar-refractivity contribution in [3.63, 3.8) is 0 Å². The van der Waals surface area contributed by atoms with Crippen molar-refractivity contribution in [2.75, 3.05) is 11.9 Å². The van der Waals surface area contributed by atoms with Gasteiger partial charge in [0, 0.05) is 5.56 Å². The first-order valence-electron chi connectivity index (χ1n) is 5.61. The Balaban J connectivity index is 2.37. The highest BCUT2D eigenvalue weighted by molar-refractivity contribution is 6.51. The molecule has 0 saturated carbocycles. The van der Waals surface area contributed by atoms with Crippen LogP contribution >= 0.6 is 0 Å². The smallest absolute Gasteiger partial charge is 0.296 e. The van der Waals surface area contributed by atoms with Gasteiger partial charge in [0.15, 0.2) is 0 Å². The monoisotopic (exact) mass is 250 g/mol. The first-order chi connectivity index (χ1) is 8.56. The Morgan fingerprint density at radius 3 is 2.67 bits per heavy atom. The van der Waals surface area contributed by atoms with Gasteiger partial charge in [0.05, 0.1) is 17.4 Å². The molecule has 18 heavy (non-hydrogen) atoms. The molecule has 2 rings (SSSR count). The molecule has 0 radical (unpaired) electrons. The van der Waals surface area contributed by atoms with Crippen molar-refractivity contribution in [3.05, 3.63) is 29.3 Å². The van der Waals surface area contributed by atoms with E-state index in [0.29, 0.717) is 5.56 Å². The quantitative estimate of drug-likeness (QED) is 0.541. The molecule has 1 aromatic rings. The summed E-state index contributed by atoms with van der Waals surface area (Å²) in [6.45, 7) is 0.235. The largest absolute Gasteiger partial charge is 0.390 e. The fourth-order valence-electron chi connectivity index (χ4n) is 1.97. The van der Waals surface area contributed by atoms with E-state index in [2.05, 4.69) is 5.32 Å². The summed E-state index contributed by atoms with van der Waals surface area (Å²) in [7, 11) is 0. The maximum atomic E-state index is 11.5. The highest BCUT2D eigenvalue weighted by atomic mass is 16.3. The van der Waals surface area contributed by atoms with Crippen molar-refractivity contribution in [2.45, 2.75) is 18.6 Å². The van der Waals surface area contributed by atoms with E-state index in [1.54, 1.807) is 12.1 Å². The number of rotatable bonds is 4. The van der Waals surface area contributed by atoms with Gasteiger partial charge in [-0.05, 0) is 19.0 Å². The Labute approximate surface area is 103 Å². The van der Waals surface area contributed by atoms with E-state index in [4.69, 9.17) is 5.73 Å². The number of hydrogen-bond donors (Lipinski definition) is 4. The highest BCUT2D eigenvalue weighted by Gasteiger charge is 2.32. The molecule has 0 fully saturated rings. The molecule has 1 heterocycles. The number of para-hydroxylation sites is 1. The van der Waals surface area contributed by atoms with Crippen LogP contribution in [-0.2, 0) is 4.79 Å². The van der Waals surface area contributed by atoms with Crippen molar-refractivity contribution < 1.29 is 19.8 Å². The molecule has 1 aliphatic heterocycles. The summed E-state index contributed by atoms with van der Waals surface area (Å²) in [5.41, 5.74) is 6.13. The number of fused-ring (bicyclic) bond motifs is 1. The molecule has 0 aliphatic carbocycles. The van der Waals surface area contributed by atoms with Crippen LogP contribution in [0.5, 0.6) is 0 Å². The van der Waals surface area contributed by atoms with Crippen LogP contribution in [0.3, 0.4) is 0 Å². The van der Waals surface area contributed by atoms with Crippen molar-refractivity contribution in [3.8, 4) is 0 Å². The van der Waals surface area contributed by atoms with Gasteiger partial charge >= 0.3 is 0 Å². The lowest BCUT2D eigenvalue weighted by Crippen LogP contribution is -2.22. The minimum Gasteiger partial charge on any atom is -0.390 e. The van der Waals surface area contributed by atoms with E-state index in [-0.39, 0.29) is 24.2 Å². The number of carbonyl (C=O) groups excluding carboxylic acids is 2. The van der Waals surface area contributed by atoms with Gasteiger partial charge in [0.2, 0.25) is 0 Å². The summed E-state index contributed by atoms with van der Waals surface area (Å²) in [4.78, 5) is 22.8. The average Bonchev–Trinajstić information content (AvgIpc) is 2.65. The molecule has 0 saturated heterocycles. The van der Waals surface area contributed by atoms with Crippen molar-refractivity contribution in [1.29, 1.82) is 0 Å². The summed E-state index contributed by atoms with van der Waals surface area (Å²) >= 11 is 0. The minimum absolute atomic E-state index is 0.219. The molecule has 0 spiro atoms. The summed E-state index contributed by atoms with van der Waals surface area (Å²) in [5.74, 6) is -1.36. The zero-order valence-corrected chi connectivity index (χ0v) is 9.59. The topological polar surface area (TPSA) is 113 Å². The molecule has 96 valence electrons. The molecule has 2 atom stereocenters. The van der Waals surface area contributed by atoms with Crippen LogP contribution in [0.4, 0.5) is 5.69 Å². The summed E-state index contributed by atoms with van der Waals surface area (Å²) in [5, 5.41) is 22.1. The summed E-state index contributed by atoms with van der Waals surface area (Å²) in [6.07, 6.45) is -1.99. The number of nitrogens with two attached hydrogens (primary N) is 1. The molecule has 0 aromatic heterocycles. The van der Waals surface area contributed by atoms with Gasteiger partial charge < -0.3 is 21.3 Å². The number of Topliss-reactive ketones (excluding diaryl/α,β-unsaturated/α-hetero) is 1. The Kier molecular flexibility index (Phi) is 3.42. The predicted octanol–water partition coefficient (Wildman–Crippen LogP) is -0.436. The number of aliphatic hydroxyl groups excluding tert-OH is 2. The first-order valence-corrected chi connectivity index (χ1v) is 5.61. The fourth-order valence-corrected chi connectivity index (χ4v) is 1.97. The van der Waals surface area contributed by atoms with E-state index in [1.807, 2.05) is 0 Å². The lowest BCUT2D eigenvalue weighted by Gasteiger charge is -2.19. The molecule has 1 aromatic carbocycles. The third-order valence-electron chi connectivity index (χ3n) is 2.93. The molecule has 6 nitrogen and oxygen atoms in total. The van der Waals surface area contributed by atoms with Gasteiger partial charge in [0.25, 0.3) is 11.7 Å². The number of anilines is 1. The maximum Gasteiger partial charge on any atom is 0.296 e. The van der Waals surface area contributed by atoms with Crippen LogP contribution in [0.25, 0.3) is 0 Å². The van der Waals surface area contributed by atoms with Crippen molar-refractivity contribution in [1.82, 2.24) is 0 Å². The van der Waals surface area contributed by atoms with Crippen LogP contribution in [-0.4, -0.2) is 34.6 Å². The Morgan fingerprint density at radius 1 is 1.28 bits per heavy atom.